The minimum atomic E-state index is -2.17. The van der Waals surface area contributed by atoms with Crippen LogP contribution in [0.4, 0.5) is 51.2 Å². The molecule has 5 heteroatoms. The first-order valence-corrected chi connectivity index (χ1v) is 25.1. The van der Waals surface area contributed by atoms with Gasteiger partial charge in [-0.1, -0.05) is 165 Å². The second-order valence-corrected chi connectivity index (χ2v) is 25.5. The number of anilines is 9. The van der Waals surface area contributed by atoms with Gasteiger partial charge in [-0.15, -0.1) is 0 Å². The van der Waals surface area contributed by atoms with Gasteiger partial charge >= 0.3 is 0 Å². The standard InChI is InChI=1S/C56H58BN3Si/c1-54(2,3)37-28-30-42(31-29-37)59-45-24-18-26-49-52(45)57-51-47(59)35-44(58(40-20-14-12-15-21-40)41-22-16-13-17-23-41)36-48(51)60(46-25-19-27-50(53(46)57)61(49,10)11)43-33-38(55(4,5)6)32-39(34-43)56(7,8)9/h12-36H,1-11H3. The van der Waals surface area contributed by atoms with Crippen LogP contribution in [-0.2, 0) is 16.2 Å². The SMILES string of the molecule is CC(C)(C)c1ccc(N2c3cc(N(c4ccccc4)c4ccccc4)cc4c3B3c5c2cccc5[Si](C)(C)c2cccc(c23)N4c2cc(C(C)(C)C)cc(C(C)(C)C)c2)cc1. The van der Waals surface area contributed by atoms with E-state index in [9.17, 15) is 0 Å². The zero-order valence-corrected chi connectivity index (χ0v) is 38.9. The smallest absolute Gasteiger partial charge is 0.251 e. The van der Waals surface area contributed by atoms with E-state index in [-0.39, 0.29) is 23.0 Å². The van der Waals surface area contributed by atoms with Gasteiger partial charge in [0.05, 0.1) is 5.69 Å². The van der Waals surface area contributed by atoms with E-state index in [1.165, 1.54) is 67.2 Å². The highest BCUT2D eigenvalue weighted by Crippen LogP contribution is 2.49. The Labute approximate surface area is 365 Å². The molecule has 304 valence electrons. The Bertz CT molecular complexity index is 2770. The van der Waals surface area contributed by atoms with Gasteiger partial charge in [0.2, 0.25) is 0 Å². The van der Waals surface area contributed by atoms with E-state index in [0.29, 0.717) is 0 Å². The monoisotopic (exact) mass is 811 g/mol. The van der Waals surface area contributed by atoms with Crippen LogP contribution in [-0.4, -0.2) is 14.8 Å². The summed E-state index contributed by atoms with van der Waals surface area (Å²) in [5, 5.41) is 3.09. The summed E-state index contributed by atoms with van der Waals surface area (Å²) in [5.74, 6) is 0. The summed E-state index contributed by atoms with van der Waals surface area (Å²) in [6.45, 7) is 26.3. The molecule has 3 aliphatic rings. The molecule has 7 aromatic rings. The second-order valence-electron chi connectivity index (χ2n) is 21.2. The molecule has 61 heavy (non-hydrogen) atoms. The van der Waals surface area contributed by atoms with Crippen molar-refractivity contribution in [2.75, 3.05) is 14.7 Å². The van der Waals surface area contributed by atoms with Crippen LogP contribution in [0.1, 0.15) is 79.0 Å². The van der Waals surface area contributed by atoms with Crippen molar-refractivity contribution in [2.24, 2.45) is 0 Å². The summed E-state index contributed by atoms with van der Waals surface area (Å²) >= 11 is 0. The molecule has 3 heterocycles. The Morgan fingerprint density at radius 2 is 0.836 bits per heavy atom. The summed E-state index contributed by atoms with van der Waals surface area (Å²) in [7, 11) is -2.17. The number of para-hydroxylation sites is 2. The lowest BCUT2D eigenvalue weighted by Gasteiger charge is -2.50. The Kier molecular flexibility index (Phi) is 8.78. The number of nitrogens with zero attached hydrogens (tertiary/aromatic N) is 3. The first-order chi connectivity index (χ1) is 28.9. The Morgan fingerprint density at radius 1 is 0.393 bits per heavy atom. The van der Waals surface area contributed by atoms with E-state index in [0.717, 1.165) is 17.1 Å². The number of benzene rings is 7. The molecule has 10 rings (SSSR count). The summed E-state index contributed by atoms with van der Waals surface area (Å²) in [6.07, 6.45) is 0. The molecule has 0 radical (unpaired) electrons. The third-order valence-corrected chi connectivity index (χ3v) is 17.2. The molecule has 0 aliphatic carbocycles. The van der Waals surface area contributed by atoms with Gasteiger partial charge in [0, 0.05) is 45.5 Å². The quantitative estimate of drug-likeness (QED) is 0.160. The molecular formula is C56H58BN3Si. The maximum absolute atomic E-state index is 2.65. The van der Waals surface area contributed by atoms with Crippen molar-refractivity contribution in [3.8, 4) is 0 Å². The molecular weight excluding hydrogens is 754 g/mol. The molecule has 0 fully saturated rings. The lowest BCUT2D eigenvalue weighted by molar-refractivity contribution is 0.569. The molecule has 0 bridgehead atoms. The van der Waals surface area contributed by atoms with Crippen molar-refractivity contribution in [3.63, 3.8) is 0 Å². The summed E-state index contributed by atoms with van der Waals surface area (Å²) in [5.41, 5.74) is 19.2. The highest BCUT2D eigenvalue weighted by molar-refractivity contribution is 7.16. The maximum atomic E-state index is 2.65. The van der Waals surface area contributed by atoms with Crippen LogP contribution < -0.4 is 41.5 Å². The molecule has 0 atom stereocenters. The minimum Gasteiger partial charge on any atom is -0.311 e. The van der Waals surface area contributed by atoms with Gasteiger partial charge in [-0.05, 0) is 122 Å². The molecule has 0 saturated heterocycles. The van der Waals surface area contributed by atoms with Crippen molar-refractivity contribution in [1.82, 2.24) is 0 Å². The molecule has 3 aliphatic heterocycles. The maximum Gasteiger partial charge on any atom is 0.251 e. The van der Waals surface area contributed by atoms with Crippen molar-refractivity contribution in [3.05, 3.63) is 168 Å². The highest BCUT2D eigenvalue weighted by atomic mass is 28.3. The first kappa shape index (κ1) is 39.4. The fourth-order valence-corrected chi connectivity index (χ4v) is 13.5. The predicted molar refractivity (Wildman–Crippen MR) is 268 cm³/mol. The highest BCUT2D eigenvalue weighted by Gasteiger charge is 2.52. The molecule has 3 nitrogen and oxygen atoms in total. The van der Waals surface area contributed by atoms with Gasteiger partial charge in [0.25, 0.3) is 6.71 Å². The zero-order valence-electron chi connectivity index (χ0n) is 37.9. The Balaban J connectivity index is 1.36. The topological polar surface area (TPSA) is 9.72 Å². The van der Waals surface area contributed by atoms with Gasteiger partial charge in [-0.3, -0.25) is 0 Å². The van der Waals surface area contributed by atoms with E-state index >= 15 is 0 Å². The third kappa shape index (κ3) is 6.22. The van der Waals surface area contributed by atoms with Crippen LogP contribution in [0.3, 0.4) is 0 Å². The van der Waals surface area contributed by atoms with E-state index in [1.807, 2.05) is 0 Å². The molecule has 0 spiro atoms. The minimum absolute atomic E-state index is 0.0398. The summed E-state index contributed by atoms with van der Waals surface area (Å²) in [4.78, 5) is 7.70. The first-order valence-electron chi connectivity index (χ1n) is 22.1. The van der Waals surface area contributed by atoms with Crippen LogP contribution in [0, 0.1) is 0 Å². The number of hydrogen-bond acceptors (Lipinski definition) is 3. The van der Waals surface area contributed by atoms with Gasteiger partial charge in [-0.2, -0.15) is 0 Å². The molecule has 0 amide bonds. The summed E-state index contributed by atoms with van der Waals surface area (Å²) < 4.78 is 0. The lowest BCUT2D eigenvalue weighted by Crippen LogP contribution is -2.79. The number of hydrogen-bond donors (Lipinski definition) is 0. The second kappa shape index (κ2) is 13.6. The van der Waals surface area contributed by atoms with E-state index < -0.39 is 8.07 Å². The largest absolute Gasteiger partial charge is 0.311 e. The molecule has 7 aromatic carbocycles. The van der Waals surface area contributed by atoms with Gasteiger partial charge in [0.1, 0.15) is 8.07 Å². The fourth-order valence-electron chi connectivity index (χ4n) is 10.3. The van der Waals surface area contributed by atoms with E-state index in [2.05, 4.69) is 242 Å². The van der Waals surface area contributed by atoms with E-state index in [1.54, 1.807) is 10.4 Å². The summed E-state index contributed by atoms with van der Waals surface area (Å²) in [6, 6.07) is 58.0. The van der Waals surface area contributed by atoms with Gasteiger partial charge < -0.3 is 14.7 Å². The van der Waals surface area contributed by atoms with Crippen molar-refractivity contribution in [2.45, 2.75) is 91.7 Å². The molecule has 0 unspecified atom stereocenters. The van der Waals surface area contributed by atoms with Crippen molar-refractivity contribution in [1.29, 1.82) is 0 Å². The van der Waals surface area contributed by atoms with Gasteiger partial charge in [-0.25, -0.2) is 0 Å². The fraction of sp³-hybridized carbons (Fsp3) is 0.250. The van der Waals surface area contributed by atoms with Crippen LogP contribution >= 0.6 is 0 Å². The Hall–Kier alpha value is -5.78. The third-order valence-electron chi connectivity index (χ3n) is 13.7. The van der Waals surface area contributed by atoms with Crippen LogP contribution in [0.25, 0.3) is 0 Å². The average molecular weight is 812 g/mol. The lowest BCUT2D eigenvalue weighted by atomic mass is 9.33. The average Bonchev–Trinajstić information content (AvgIpc) is 3.22. The number of rotatable bonds is 5. The van der Waals surface area contributed by atoms with Crippen LogP contribution in [0.2, 0.25) is 13.1 Å². The van der Waals surface area contributed by atoms with Crippen LogP contribution in [0.15, 0.2) is 152 Å². The molecule has 0 N–H and O–H groups in total. The normalized spacial score (nSPS) is 14.8. The molecule has 0 saturated carbocycles. The zero-order chi connectivity index (χ0) is 42.8. The van der Waals surface area contributed by atoms with Gasteiger partial charge in [0.15, 0.2) is 0 Å². The predicted octanol–water partition coefficient (Wildman–Crippen LogP) is 12.3. The Morgan fingerprint density at radius 3 is 1.28 bits per heavy atom. The van der Waals surface area contributed by atoms with Crippen molar-refractivity contribution < 1.29 is 0 Å². The van der Waals surface area contributed by atoms with E-state index in [4.69, 9.17) is 0 Å². The molecule has 0 aromatic heterocycles. The van der Waals surface area contributed by atoms with Crippen LogP contribution in [0.5, 0.6) is 0 Å². The van der Waals surface area contributed by atoms with Crippen molar-refractivity contribution >= 4 is 92.7 Å².